The zero-order valence-electron chi connectivity index (χ0n) is 27.3. The summed E-state index contributed by atoms with van der Waals surface area (Å²) in [5.41, 5.74) is -0.231. The van der Waals surface area contributed by atoms with E-state index in [0.717, 1.165) is 51.0 Å². The molecule has 2 spiro atoms. The van der Waals surface area contributed by atoms with Gasteiger partial charge in [-0.25, -0.2) is 0 Å². The van der Waals surface area contributed by atoms with Crippen LogP contribution in [0.1, 0.15) is 114 Å². The van der Waals surface area contributed by atoms with Crippen molar-refractivity contribution < 1.29 is 29.3 Å². The van der Waals surface area contributed by atoms with Crippen molar-refractivity contribution in [2.75, 3.05) is 7.11 Å². The van der Waals surface area contributed by atoms with Crippen LogP contribution in [0.2, 0.25) is 0 Å². The largest absolute Gasteiger partial charge is 0.457 e. The minimum atomic E-state index is -1.14. The molecule has 5 aliphatic carbocycles. The fraction of sp³-hybridized carbons (Fsp3) is 0.838. The van der Waals surface area contributed by atoms with Crippen LogP contribution in [0.25, 0.3) is 0 Å². The average molecular weight is 601 g/mol. The molecule has 0 amide bonds. The fourth-order valence-corrected chi connectivity index (χ4v) is 11.9. The van der Waals surface area contributed by atoms with E-state index in [-0.39, 0.29) is 31.0 Å². The van der Waals surface area contributed by atoms with Gasteiger partial charge in [-0.1, -0.05) is 35.1 Å². The Labute approximate surface area is 262 Å². The molecular weight excluding hydrogens is 540 g/mol. The van der Waals surface area contributed by atoms with Crippen molar-refractivity contribution in [2.45, 2.75) is 138 Å². The van der Waals surface area contributed by atoms with Gasteiger partial charge in [0, 0.05) is 25.9 Å². The maximum Gasteiger partial charge on any atom is 0.303 e. The number of rotatable bonds is 3. The number of esters is 1. The number of Topliss-reactive ketones (excluding diaryl/α,β-unsaturated/α-hetero) is 1. The lowest BCUT2D eigenvalue weighted by atomic mass is 9.46. The number of terminal acetylenes is 2. The number of fused-ring (bicyclic) bond motifs is 4. The Morgan fingerprint density at radius 2 is 1.53 bits per heavy atom. The molecule has 6 nitrogen and oxygen atoms in total. The van der Waals surface area contributed by atoms with Crippen molar-refractivity contribution in [2.24, 2.45) is 51.2 Å². The summed E-state index contributed by atoms with van der Waals surface area (Å²) in [6.07, 6.45) is 25.2. The third kappa shape index (κ3) is 5.18. The Balaban J connectivity index is 0.000000870. The Kier molecular flexibility index (Phi) is 11.2. The molecule has 0 radical (unpaired) electrons. The lowest BCUT2D eigenvalue weighted by Gasteiger charge is -2.57. The van der Waals surface area contributed by atoms with Crippen LogP contribution in [0.4, 0.5) is 0 Å². The molecule has 6 fully saturated rings. The Bertz CT molecular complexity index is 1050. The lowest BCUT2D eigenvalue weighted by Crippen LogP contribution is -2.54. The fourth-order valence-electron chi connectivity index (χ4n) is 11.9. The second-order valence-electron chi connectivity index (χ2n) is 15.1. The van der Waals surface area contributed by atoms with E-state index in [1.165, 1.54) is 32.6 Å². The molecule has 6 heteroatoms. The van der Waals surface area contributed by atoms with Gasteiger partial charge in [-0.05, 0) is 111 Å². The number of aliphatic hydroxyl groups excluding tert-OH is 1. The SMILES string of the molecule is C.C#C.C#C.CC(=O)O[C@@H]([C@H]1CCC2C(CC3[C@@H]4CCC5C(C)(C)C(=O)CCC56[C@@H](C)[C@@]46CC[C@]23C)O1)C(C)(C)O.CO. The molecule has 5 unspecified atom stereocenters. The van der Waals surface area contributed by atoms with Gasteiger partial charge in [0.05, 0.1) is 17.8 Å². The van der Waals surface area contributed by atoms with Crippen LogP contribution in [0, 0.1) is 76.9 Å². The number of hydrogen-bond donors (Lipinski definition) is 2. The molecule has 0 aromatic heterocycles. The van der Waals surface area contributed by atoms with Crippen LogP contribution in [-0.4, -0.2) is 53.0 Å². The van der Waals surface area contributed by atoms with E-state index in [1.54, 1.807) is 13.8 Å². The highest BCUT2D eigenvalue weighted by Crippen LogP contribution is 2.89. The lowest BCUT2D eigenvalue weighted by molar-refractivity contribution is -0.200. The first-order valence-electron chi connectivity index (χ1n) is 15.9. The van der Waals surface area contributed by atoms with Crippen LogP contribution in [0.5, 0.6) is 0 Å². The molecule has 43 heavy (non-hydrogen) atoms. The molecule has 0 aromatic carbocycles. The molecule has 0 aromatic rings. The Morgan fingerprint density at radius 3 is 2.09 bits per heavy atom. The monoisotopic (exact) mass is 600 g/mol. The van der Waals surface area contributed by atoms with Gasteiger partial charge >= 0.3 is 5.97 Å². The highest BCUT2D eigenvalue weighted by molar-refractivity contribution is 5.86. The number of hydrogen-bond acceptors (Lipinski definition) is 6. The van der Waals surface area contributed by atoms with E-state index in [0.29, 0.717) is 39.8 Å². The molecule has 0 bridgehead atoms. The third-order valence-corrected chi connectivity index (χ3v) is 13.4. The van der Waals surface area contributed by atoms with E-state index < -0.39 is 11.7 Å². The summed E-state index contributed by atoms with van der Waals surface area (Å²) in [6, 6.07) is 0. The van der Waals surface area contributed by atoms with E-state index in [4.69, 9.17) is 14.6 Å². The van der Waals surface area contributed by atoms with Crippen molar-refractivity contribution >= 4 is 11.8 Å². The number of ether oxygens (including phenoxy) is 2. The number of carbonyl (C=O) groups excluding carboxylic acids is 2. The molecule has 5 saturated carbocycles. The smallest absolute Gasteiger partial charge is 0.303 e. The standard InChI is InChI=1S/C31H48O5.2C2H2.CH4O.CH4/c1-17-30-15-14-29(7)20-8-10-22(26(28(5,6)34)35-18(2)32)36-23(20)16-21(29)19(30)9-11-24-27(3,4)25(33)12-13-31(17,24)30;3*1-2;/h17,19-24,26,34H,8-16H2,1-7H3;2*1-2H;2H,1H3;1H4/t17-,19-,20?,21?,22+,23?,24?,26-,29+,30-,31?;;;;/m0..../s1. The van der Waals surface area contributed by atoms with E-state index >= 15 is 0 Å². The summed E-state index contributed by atoms with van der Waals surface area (Å²) >= 11 is 0. The van der Waals surface area contributed by atoms with Crippen LogP contribution < -0.4 is 0 Å². The first kappa shape index (κ1) is 37.3. The summed E-state index contributed by atoms with van der Waals surface area (Å²) in [6.45, 7) is 14.4. The van der Waals surface area contributed by atoms with Crippen molar-refractivity contribution in [3.05, 3.63) is 0 Å². The number of carbonyl (C=O) groups is 2. The summed E-state index contributed by atoms with van der Waals surface area (Å²) in [4.78, 5) is 24.8. The first-order valence-corrected chi connectivity index (χ1v) is 15.9. The third-order valence-electron chi connectivity index (χ3n) is 13.4. The predicted molar refractivity (Wildman–Crippen MR) is 172 cm³/mol. The molecule has 1 heterocycles. The van der Waals surface area contributed by atoms with Crippen LogP contribution in [0.3, 0.4) is 0 Å². The first-order chi connectivity index (χ1) is 19.7. The van der Waals surface area contributed by atoms with Crippen LogP contribution in [0.15, 0.2) is 0 Å². The van der Waals surface area contributed by atoms with Gasteiger partial charge in [-0.3, -0.25) is 9.59 Å². The maximum absolute atomic E-state index is 13.0. The van der Waals surface area contributed by atoms with Gasteiger partial charge in [0.2, 0.25) is 0 Å². The van der Waals surface area contributed by atoms with Crippen molar-refractivity contribution in [3.63, 3.8) is 0 Å². The zero-order chi connectivity index (χ0) is 32.1. The predicted octanol–water partition coefficient (Wildman–Crippen LogP) is 6.45. The second kappa shape index (κ2) is 12.9. The number of ketones is 1. The van der Waals surface area contributed by atoms with Gasteiger partial charge < -0.3 is 19.7 Å². The second-order valence-corrected chi connectivity index (χ2v) is 15.1. The zero-order valence-corrected chi connectivity index (χ0v) is 27.3. The highest BCUT2D eigenvalue weighted by atomic mass is 16.6. The van der Waals surface area contributed by atoms with Crippen LogP contribution in [-0.2, 0) is 19.1 Å². The van der Waals surface area contributed by atoms with Gasteiger partial charge in [0.1, 0.15) is 5.78 Å². The van der Waals surface area contributed by atoms with Crippen molar-refractivity contribution in [1.82, 2.24) is 0 Å². The molecule has 6 rings (SSSR count). The molecule has 6 aliphatic rings. The highest BCUT2D eigenvalue weighted by Gasteiger charge is 2.84. The summed E-state index contributed by atoms with van der Waals surface area (Å²) in [7, 11) is 1.00. The van der Waals surface area contributed by atoms with E-state index in [9.17, 15) is 14.7 Å². The van der Waals surface area contributed by atoms with Crippen LogP contribution >= 0.6 is 0 Å². The molecule has 1 aliphatic heterocycles. The topological polar surface area (TPSA) is 93.1 Å². The Hall–Kier alpha value is -1.86. The molecule has 244 valence electrons. The van der Waals surface area contributed by atoms with Gasteiger partial charge in [-0.15, -0.1) is 25.7 Å². The quantitative estimate of drug-likeness (QED) is 0.286. The summed E-state index contributed by atoms with van der Waals surface area (Å²) < 4.78 is 12.4. The number of aliphatic hydroxyl groups is 2. The van der Waals surface area contributed by atoms with Crippen molar-refractivity contribution in [3.8, 4) is 25.7 Å². The summed E-state index contributed by atoms with van der Waals surface area (Å²) in [5, 5.41) is 17.8. The normalized spacial score (nSPS) is 43.5. The van der Waals surface area contributed by atoms with Crippen molar-refractivity contribution in [1.29, 1.82) is 0 Å². The minimum Gasteiger partial charge on any atom is -0.457 e. The van der Waals surface area contributed by atoms with Gasteiger partial charge in [0.15, 0.2) is 6.10 Å². The maximum atomic E-state index is 13.0. The van der Waals surface area contributed by atoms with Gasteiger partial charge in [0.25, 0.3) is 0 Å². The molecular formula is C37H60O6. The van der Waals surface area contributed by atoms with E-state index in [1.807, 2.05) is 0 Å². The van der Waals surface area contributed by atoms with Gasteiger partial charge in [-0.2, -0.15) is 0 Å². The molecule has 1 saturated heterocycles. The minimum absolute atomic E-state index is 0. The molecule has 2 N–H and O–H groups in total. The Morgan fingerprint density at radius 1 is 0.953 bits per heavy atom. The molecule has 11 atom stereocenters. The summed E-state index contributed by atoms with van der Waals surface area (Å²) in [5.74, 6) is 3.34. The van der Waals surface area contributed by atoms with E-state index in [2.05, 4.69) is 53.4 Å². The average Bonchev–Trinajstić information content (AvgIpc) is 3.34.